The van der Waals surface area contributed by atoms with E-state index in [1.165, 1.54) is 6.42 Å². The molecule has 25 heavy (non-hydrogen) atoms. The van der Waals surface area contributed by atoms with Crippen LogP contribution in [0.15, 0.2) is 36.5 Å². The fraction of sp³-hybridized carbons (Fsp3) is 0.474. The molecule has 2 aromatic rings. The van der Waals surface area contributed by atoms with E-state index in [0.717, 1.165) is 24.3 Å². The molecule has 0 radical (unpaired) electrons. The first-order valence-corrected chi connectivity index (χ1v) is 8.81. The highest BCUT2D eigenvalue weighted by molar-refractivity contribution is 5.92. The Kier molecular flexibility index (Phi) is 4.21. The molecular weight excluding hydrogens is 318 g/mol. The molecule has 4 atom stereocenters. The van der Waals surface area contributed by atoms with Crippen LogP contribution in [0.4, 0.5) is 0 Å². The maximum absolute atomic E-state index is 12.6. The van der Waals surface area contributed by atoms with Gasteiger partial charge in [-0.3, -0.25) is 4.79 Å². The summed E-state index contributed by atoms with van der Waals surface area (Å²) in [4.78, 5) is 12.6. The number of aliphatic hydroxyl groups is 1. The summed E-state index contributed by atoms with van der Waals surface area (Å²) >= 11 is 0. The van der Waals surface area contributed by atoms with Crippen LogP contribution in [0.3, 0.4) is 0 Å². The van der Waals surface area contributed by atoms with E-state index in [9.17, 15) is 9.90 Å². The minimum atomic E-state index is -0.164. The van der Waals surface area contributed by atoms with Crippen LogP contribution in [0.2, 0.25) is 0 Å². The van der Waals surface area contributed by atoms with Crippen LogP contribution in [0.1, 0.15) is 29.8 Å². The molecule has 6 nitrogen and oxygen atoms in total. The zero-order valence-corrected chi connectivity index (χ0v) is 14.3. The zero-order valence-electron chi connectivity index (χ0n) is 14.3. The van der Waals surface area contributed by atoms with Gasteiger partial charge in [-0.1, -0.05) is 0 Å². The molecule has 132 valence electrons. The molecular formula is C19H23N3O3. The Morgan fingerprint density at radius 1 is 1.28 bits per heavy atom. The Bertz CT molecular complexity index is 756. The van der Waals surface area contributed by atoms with E-state index in [2.05, 4.69) is 10.4 Å². The van der Waals surface area contributed by atoms with Crippen molar-refractivity contribution in [1.82, 2.24) is 15.1 Å². The number of amides is 1. The van der Waals surface area contributed by atoms with Crippen molar-refractivity contribution < 1.29 is 14.6 Å². The van der Waals surface area contributed by atoms with Crippen LogP contribution in [-0.4, -0.2) is 40.6 Å². The normalized spacial score (nSPS) is 27.4. The van der Waals surface area contributed by atoms with Crippen molar-refractivity contribution in [2.45, 2.75) is 25.3 Å². The molecule has 1 heterocycles. The average Bonchev–Trinajstić information content (AvgIpc) is 3.37. The summed E-state index contributed by atoms with van der Waals surface area (Å²) in [6.07, 6.45) is 5.22. The van der Waals surface area contributed by atoms with Gasteiger partial charge in [0.2, 0.25) is 0 Å². The van der Waals surface area contributed by atoms with Crippen LogP contribution < -0.4 is 10.1 Å². The Morgan fingerprint density at radius 2 is 2.04 bits per heavy atom. The molecule has 2 aliphatic carbocycles. The van der Waals surface area contributed by atoms with Crippen molar-refractivity contribution >= 4 is 5.91 Å². The third-order valence-electron chi connectivity index (χ3n) is 5.76. The van der Waals surface area contributed by atoms with Gasteiger partial charge in [0.25, 0.3) is 5.91 Å². The SMILES string of the molecule is COc1ccc(-n2ccc(C(=O)NC3C4CCC(C4)C3CO)n2)cc1. The molecule has 1 amide bonds. The van der Waals surface area contributed by atoms with E-state index in [0.29, 0.717) is 17.5 Å². The lowest BCUT2D eigenvalue weighted by Crippen LogP contribution is -2.45. The number of carbonyl (C=O) groups is 1. The van der Waals surface area contributed by atoms with Gasteiger partial charge < -0.3 is 15.2 Å². The van der Waals surface area contributed by atoms with Crippen molar-refractivity contribution in [1.29, 1.82) is 0 Å². The highest BCUT2D eigenvalue weighted by atomic mass is 16.5. The van der Waals surface area contributed by atoms with Crippen molar-refractivity contribution in [2.75, 3.05) is 13.7 Å². The first-order valence-electron chi connectivity index (χ1n) is 8.81. The van der Waals surface area contributed by atoms with Gasteiger partial charge in [-0.15, -0.1) is 0 Å². The van der Waals surface area contributed by atoms with Gasteiger partial charge in [-0.2, -0.15) is 5.10 Å². The predicted octanol–water partition coefficient (Wildman–Crippen LogP) is 2.02. The molecule has 1 aromatic carbocycles. The van der Waals surface area contributed by atoms with E-state index in [1.54, 1.807) is 24.1 Å². The van der Waals surface area contributed by atoms with Crippen LogP contribution in [0.25, 0.3) is 5.69 Å². The number of fused-ring (bicyclic) bond motifs is 2. The van der Waals surface area contributed by atoms with E-state index < -0.39 is 0 Å². The summed E-state index contributed by atoms with van der Waals surface area (Å²) in [6.45, 7) is 0.145. The van der Waals surface area contributed by atoms with E-state index in [-0.39, 0.29) is 24.5 Å². The third kappa shape index (κ3) is 2.91. The number of hydrogen-bond donors (Lipinski definition) is 2. The molecule has 2 aliphatic rings. The second-order valence-electron chi connectivity index (χ2n) is 7.02. The second kappa shape index (κ2) is 6.52. The Hall–Kier alpha value is -2.34. The number of carbonyl (C=O) groups excluding carboxylic acids is 1. The van der Waals surface area contributed by atoms with Crippen molar-refractivity contribution in [3.05, 3.63) is 42.2 Å². The van der Waals surface area contributed by atoms with E-state index in [1.807, 2.05) is 24.3 Å². The molecule has 2 saturated carbocycles. The number of methoxy groups -OCH3 is 1. The molecule has 2 bridgehead atoms. The molecule has 0 aliphatic heterocycles. The quantitative estimate of drug-likeness (QED) is 0.872. The monoisotopic (exact) mass is 341 g/mol. The van der Waals surface area contributed by atoms with Crippen molar-refractivity contribution in [3.8, 4) is 11.4 Å². The second-order valence-corrected chi connectivity index (χ2v) is 7.02. The maximum Gasteiger partial charge on any atom is 0.272 e. The zero-order chi connectivity index (χ0) is 17.4. The van der Waals surface area contributed by atoms with Gasteiger partial charge in [-0.25, -0.2) is 4.68 Å². The lowest BCUT2D eigenvalue weighted by atomic mass is 9.85. The van der Waals surface area contributed by atoms with E-state index >= 15 is 0 Å². The van der Waals surface area contributed by atoms with Crippen LogP contribution in [0.5, 0.6) is 5.75 Å². The average molecular weight is 341 g/mol. The number of ether oxygens (including phenoxy) is 1. The molecule has 6 heteroatoms. The topological polar surface area (TPSA) is 76.4 Å². The first kappa shape index (κ1) is 16.1. The van der Waals surface area contributed by atoms with Gasteiger partial charge in [0.1, 0.15) is 5.75 Å². The number of rotatable bonds is 5. The number of benzene rings is 1. The number of nitrogens with one attached hydrogen (secondary N) is 1. The Morgan fingerprint density at radius 3 is 2.76 bits per heavy atom. The summed E-state index contributed by atoms with van der Waals surface area (Å²) in [5.74, 6) is 1.85. The third-order valence-corrected chi connectivity index (χ3v) is 5.76. The number of aromatic nitrogens is 2. The lowest BCUT2D eigenvalue weighted by Gasteiger charge is -2.30. The van der Waals surface area contributed by atoms with Gasteiger partial charge in [-0.05, 0) is 61.4 Å². The van der Waals surface area contributed by atoms with E-state index in [4.69, 9.17) is 4.74 Å². The van der Waals surface area contributed by atoms with Crippen molar-refractivity contribution in [2.24, 2.45) is 17.8 Å². The number of aliphatic hydroxyl groups excluding tert-OH is 1. The lowest BCUT2D eigenvalue weighted by molar-refractivity contribution is 0.0856. The predicted molar refractivity (Wildman–Crippen MR) is 92.8 cm³/mol. The largest absolute Gasteiger partial charge is 0.497 e. The van der Waals surface area contributed by atoms with Gasteiger partial charge in [0, 0.05) is 24.8 Å². The van der Waals surface area contributed by atoms with Crippen LogP contribution >= 0.6 is 0 Å². The standard InChI is InChI=1S/C19H23N3O3/c1-25-15-6-4-14(5-7-15)22-9-8-17(21-22)19(24)20-18-13-3-2-12(10-13)16(18)11-23/h4-9,12-13,16,18,23H,2-3,10-11H2,1H3,(H,20,24). The highest BCUT2D eigenvalue weighted by Gasteiger charge is 2.47. The fourth-order valence-electron chi connectivity index (χ4n) is 4.45. The fourth-order valence-corrected chi connectivity index (χ4v) is 4.45. The number of nitrogens with zero attached hydrogens (tertiary/aromatic N) is 2. The highest BCUT2D eigenvalue weighted by Crippen LogP contribution is 2.48. The summed E-state index contributed by atoms with van der Waals surface area (Å²) in [5.41, 5.74) is 1.27. The van der Waals surface area contributed by atoms with Crippen molar-refractivity contribution in [3.63, 3.8) is 0 Å². The van der Waals surface area contributed by atoms with Gasteiger partial charge in [0.05, 0.1) is 12.8 Å². The molecule has 4 rings (SSSR count). The van der Waals surface area contributed by atoms with Gasteiger partial charge in [0.15, 0.2) is 5.69 Å². The van der Waals surface area contributed by atoms with Crippen LogP contribution in [-0.2, 0) is 0 Å². The minimum Gasteiger partial charge on any atom is -0.497 e. The molecule has 2 N–H and O–H groups in total. The maximum atomic E-state index is 12.6. The summed E-state index contributed by atoms with van der Waals surface area (Å²) in [7, 11) is 1.63. The Labute approximate surface area is 146 Å². The molecule has 0 spiro atoms. The summed E-state index contributed by atoms with van der Waals surface area (Å²) in [6, 6.07) is 9.30. The minimum absolute atomic E-state index is 0.0717. The molecule has 0 saturated heterocycles. The Balaban J connectivity index is 1.47. The summed E-state index contributed by atoms with van der Waals surface area (Å²) in [5, 5.41) is 17.2. The molecule has 1 aromatic heterocycles. The molecule has 4 unspecified atom stereocenters. The van der Waals surface area contributed by atoms with Crippen LogP contribution in [0, 0.1) is 17.8 Å². The summed E-state index contributed by atoms with van der Waals surface area (Å²) < 4.78 is 6.83. The van der Waals surface area contributed by atoms with Gasteiger partial charge >= 0.3 is 0 Å². The first-order chi connectivity index (χ1) is 12.2. The number of hydrogen-bond acceptors (Lipinski definition) is 4. The molecule has 2 fully saturated rings. The smallest absolute Gasteiger partial charge is 0.272 e.